The van der Waals surface area contributed by atoms with E-state index in [1.807, 2.05) is 36.4 Å². The van der Waals surface area contributed by atoms with Crippen LogP contribution in [0.15, 0.2) is 52.1 Å². The molecule has 28 heavy (non-hydrogen) atoms. The van der Waals surface area contributed by atoms with Crippen LogP contribution in [-0.4, -0.2) is 25.3 Å². The Morgan fingerprint density at radius 3 is 2.39 bits per heavy atom. The third-order valence-corrected chi connectivity index (χ3v) is 6.72. The highest BCUT2D eigenvalue weighted by Gasteiger charge is 2.54. The molecule has 0 unspecified atom stereocenters. The molecule has 1 heterocycles. The molecular formula is C21H22IN3O3. The largest absolute Gasteiger partial charge is 0.399 e. The molecular weight excluding hydrogens is 469 g/mol. The number of nitrogens with two attached hydrogens (primary N) is 3. The highest BCUT2D eigenvalue weighted by molar-refractivity contribution is 14.1. The van der Waals surface area contributed by atoms with Crippen LogP contribution in [0.5, 0.6) is 0 Å². The Labute approximate surface area is 177 Å². The van der Waals surface area contributed by atoms with Gasteiger partial charge in [0.2, 0.25) is 5.79 Å². The number of hydrogen-bond acceptors (Lipinski definition) is 6. The number of rotatable bonds is 3. The van der Waals surface area contributed by atoms with Crippen LogP contribution >= 0.6 is 22.6 Å². The first-order valence-electron chi connectivity index (χ1n) is 9.04. The number of carbonyl (C=O) groups excluding carboxylic acids is 1. The van der Waals surface area contributed by atoms with Gasteiger partial charge in [-0.05, 0) is 58.0 Å². The molecule has 0 radical (unpaired) electrons. The van der Waals surface area contributed by atoms with Crippen LogP contribution < -0.4 is 17.2 Å². The number of nitrogen functional groups attached to an aromatic ring is 3. The van der Waals surface area contributed by atoms with Gasteiger partial charge in [0, 0.05) is 33.0 Å². The zero-order chi connectivity index (χ0) is 19.9. The van der Waals surface area contributed by atoms with Gasteiger partial charge in [0.05, 0.1) is 18.6 Å². The van der Waals surface area contributed by atoms with Crippen LogP contribution in [0, 0.1) is 0 Å². The summed E-state index contributed by atoms with van der Waals surface area (Å²) in [5.74, 6) is -1.11. The molecule has 1 spiro atoms. The summed E-state index contributed by atoms with van der Waals surface area (Å²) >= 11 is 2.20. The van der Waals surface area contributed by atoms with Gasteiger partial charge in [-0.2, -0.15) is 0 Å². The number of benzene rings is 2. The number of halogens is 1. The van der Waals surface area contributed by atoms with Crippen LogP contribution in [0.3, 0.4) is 0 Å². The standard InChI is InChI=1S/C21H22IN3O3/c22-19-11-20(12-26,16-5-4-15(24)9-18(16)25)17(10-21(19)27-6-7-28-21)13-2-1-3-14(23)8-13/h1-5,8-9,11-12,17H,6-7,10,23-25H2/t17-,20-/m0/s1. The molecule has 1 aliphatic heterocycles. The highest BCUT2D eigenvalue weighted by atomic mass is 127. The van der Waals surface area contributed by atoms with Gasteiger partial charge in [0.15, 0.2) is 0 Å². The lowest BCUT2D eigenvalue weighted by atomic mass is 9.62. The Morgan fingerprint density at radius 2 is 1.75 bits per heavy atom. The van der Waals surface area contributed by atoms with Crippen molar-refractivity contribution in [1.29, 1.82) is 0 Å². The minimum absolute atomic E-state index is 0.268. The predicted molar refractivity (Wildman–Crippen MR) is 118 cm³/mol. The van der Waals surface area contributed by atoms with Crippen molar-refractivity contribution in [3.8, 4) is 0 Å². The monoisotopic (exact) mass is 491 g/mol. The van der Waals surface area contributed by atoms with Gasteiger partial charge in [0.1, 0.15) is 6.29 Å². The third-order valence-electron chi connectivity index (χ3n) is 5.58. The maximum absolute atomic E-state index is 12.7. The van der Waals surface area contributed by atoms with Crippen molar-refractivity contribution in [3.63, 3.8) is 0 Å². The van der Waals surface area contributed by atoms with Crippen LogP contribution in [-0.2, 0) is 19.7 Å². The summed E-state index contributed by atoms with van der Waals surface area (Å²) in [7, 11) is 0. The molecule has 4 rings (SSSR count). The van der Waals surface area contributed by atoms with Crippen molar-refractivity contribution in [1.82, 2.24) is 0 Å². The van der Waals surface area contributed by atoms with Gasteiger partial charge in [-0.1, -0.05) is 24.3 Å². The topological polar surface area (TPSA) is 114 Å². The van der Waals surface area contributed by atoms with Gasteiger partial charge < -0.3 is 31.5 Å². The van der Waals surface area contributed by atoms with Crippen molar-refractivity contribution >= 4 is 45.9 Å². The first-order chi connectivity index (χ1) is 13.4. The summed E-state index contributed by atoms with van der Waals surface area (Å²) in [5.41, 5.74) is 20.6. The minimum Gasteiger partial charge on any atom is -0.399 e. The van der Waals surface area contributed by atoms with E-state index in [0.717, 1.165) is 15.4 Å². The SMILES string of the molecule is Nc1cccc([C@@H]2CC3(OCCO3)C(I)=C[C@]2(C=O)c2ccc(N)cc2N)c1. The molecule has 1 aliphatic carbocycles. The Morgan fingerprint density at radius 1 is 1.04 bits per heavy atom. The van der Waals surface area contributed by atoms with Gasteiger partial charge >= 0.3 is 0 Å². The molecule has 1 saturated heterocycles. The molecule has 0 saturated carbocycles. The summed E-state index contributed by atoms with van der Waals surface area (Å²) in [5, 5.41) is 0. The zero-order valence-corrected chi connectivity index (χ0v) is 17.4. The van der Waals surface area contributed by atoms with Gasteiger partial charge in [-0.15, -0.1) is 0 Å². The number of carbonyl (C=O) groups is 1. The van der Waals surface area contributed by atoms with Crippen molar-refractivity contribution in [2.75, 3.05) is 30.4 Å². The average molecular weight is 491 g/mol. The molecule has 0 bridgehead atoms. The molecule has 7 heteroatoms. The van der Waals surface area contributed by atoms with E-state index in [4.69, 9.17) is 26.7 Å². The van der Waals surface area contributed by atoms with E-state index in [9.17, 15) is 4.79 Å². The second-order valence-electron chi connectivity index (χ2n) is 7.27. The fourth-order valence-corrected chi connectivity index (χ4v) is 5.30. The highest BCUT2D eigenvalue weighted by Crippen LogP contribution is 2.55. The van der Waals surface area contributed by atoms with Crippen LogP contribution in [0.1, 0.15) is 23.5 Å². The molecule has 146 valence electrons. The van der Waals surface area contributed by atoms with E-state index in [0.29, 0.717) is 42.3 Å². The Bertz CT molecular complexity index is 956. The maximum Gasteiger partial charge on any atom is 0.201 e. The van der Waals surface area contributed by atoms with Gasteiger partial charge in [-0.3, -0.25) is 0 Å². The van der Waals surface area contributed by atoms with Gasteiger partial charge in [-0.25, -0.2) is 0 Å². The molecule has 2 atom stereocenters. The average Bonchev–Trinajstić information content (AvgIpc) is 3.14. The molecule has 6 N–H and O–H groups in total. The minimum atomic E-state index is -0.983. The van der Waals surface area contributed by atoms with Crippen LogP contribution in [0.2, 0.25) is 0 Å². The first-order valence-corrected chi connectivity index (χ1v) is 10.1. The summed E-state index contributed by atoms with van der Waals surface area (Å²) < 4.78 is 12.8. The second-order valence-corrected chi connectivity index (χ2v) is 8.43. The van der Waals surface area contributed by atoms with E-state index in [1.54, 1.807) is 12.1 Å². The van der Waals surface area contributed by atoms with Crippen LogP contribution in [0.4, 0.5) is 17.1 Å². The van der Waals surface area contributed by atoms with E-state index in [-0.39, 0.29) is 5.92 Å². The molecule has 6 nitrogen and oxygen atoms in total. The van der Waals surface area contributed by atoms with E-state index >= 15 is 0 Å². The number of ether oxygens (including phenoxy) is 2. The fraction of sp³-hybridized carbons (Fsp3) is 0.286. The number of hydrogen-bond donors (Lipinski definition) is 3. The smallest absolute Gasteiger partial charge is 0.201 e. The quantitative estimate of drug-likeness (QED) is 0.346. The normalized spacial score (nSPS) is 26.2. The summed E-state index contributed by atoms with van der Waals surface area (Å²) in [6.45, 7) is 1.03. The third kappa shape index (κ3) is 2.98. The van der Waals surface area contributed by atoms with Crippen molar-refractivity contribution in [3.05, 3.63) is 63.2 Å². The van der Waals surface area contributed by atoms with Crippen molar-refractivity contribution < 1.29 is 14.3 Å². The zero-order valence-electron chi connectivity index (χ0n) is 15.2. The van der Waals surface area contributed by atoms with E-state index < -0.39 is 11.2 Å². The number of anilines is 3. The maximum atomic E-state index is 12.7. The molecule has 0 aromatic heterocycles. The molecule has 2 aromatic carbocycles. The number of aldehydes is 1. The Hall–Kier alpha value is -2.10. The predicted octanol–water partition coefficient (Wildman–Crippen LogP) is 3.12. The Balaban J connectivity index is 1.96. The molecule has 0 amide bonds. The lowest BCUT2D eigenvalue weighted by molar-refractivity contribution is -0.137. The summed E-state index contributed by atoms with van der Waals surface area (Å²) in [4.78, 5) is 12.7. The molecule has 2 aromatic rings. The summed E-state index contributed by atoms with van der Waals surface area (Å²) in [6, 6.07) is 12.9. The lowest BCUT2D eigenvalue weighted by Gasteiger charge is -2.45. The lowest BCUT2D eigenvalue weighted by Crippen LogP contribution is -2.46. The van der Waals surface area contributed by atoms with Crippen molar-refractivity contribution in [2.24, 2.45) is 0 Å². The van der Waals surface area contributed by atoms with Crippen molar-refractivity contribution in [2.45, 2.75) is 23.5 Å². The van der Waals surface area contributed by atoms with E-state index in [1.165, 1.54) is 0 Å². The molecule has 2 aliphatic rings. The van der Waals surface area contributed by atoms with E-state index in [2.05, 4.69) is 22.6 Å². The Kier molecular flexibility index (Phi) is 4.84. The van der Waals surface area contributed by atoms with Gasteiger partial charge in [0.25, 0.3) is 0 Å². The first kappa shape index (κ1) is 19.2. The van der Waals surface area contributed by atoms with Crippen LogP contribution in [0.25, 0.3) is 0 Å². The summed E-state index contributed by atoms with van der Waals surface area (Å²) in [6.07, 6.45) is 3.36. The molecule has 1 fully saturated rings. The number of allylic oxidation sites excluding steroid dienone is 1. The second kappa shape index (κ2) is 7.06. The fourth-order valence-electron chi connectivity index (χ4n) is 4.26.